The first kappa shape index (κ1) is 10.3. The van der Waals surface area contributed by atoms with Gasteiger partial charge in [-0.05, 0) is 31.4 Å². The zero-order valence-electron chi connectivity index (χ0n) is 9.69. The molecule has 2 amide bonds. The van der Waals surface area contributed by atoms with Crippen molar-refractivity contribution in [1.82, 2.24) is 4.90 Å². The highest BCUT2D eigenvalue weighted by atomic mass is 16.2. The molecule has 0 radical (unpaired) electrons. The average Bonchev–Trinajstić information content (AvgIpc) is 2.36. The summed E-state index contributed by atoms with van der Waals surface area (Å²) in [5.41, 5.74) is 3.38. The molecule has 1 heterocycles. The third kappa shape index (κ3) is 1.28. The predicted octanol–water partition coefficient (Wildman–Crippen LogP) is 2.02. The summed E-state index contributed by atoms with van der Waals surface area (Å²) < 4.78 is 0. The van der Waals surface area contributed by atoms with E-state index >= 15 is 0 Å². The SMILES string of the molecule is CCN1C(=O)C2=CCCc3cccc(c32)C1=O. The Bertz CT molecular complexity index is 557. The lowest BCUT2D eigenvalue weighted by atomic mass is 9.84. The molecule has 1 aliphatic heterocycles. The molecule has 0 N–H and O–H groups in total. The van der Waals surface area contributed by atoms with Crippen LogP contribution in [-0.4, -0.2) is 23.3 Å². The van der Waals surface area contributed by atoms with E-state index in [0.717, 1.165) is 24.0 Å². The topological polar surface area (TPSA) is 37.4 Å². The number of imide groups is 1. The van der Waals surface area contributed by atoms with E-state index in [1.807, 2.05) is 31.2 Å². The molecule has 3 heteroatoms. The van der Waals surface area contributed by atoms with Crippen molar-refractivity contribution >= 4 is 17.4 Å². The lowest BCUT2D eigenvalue weighted by molar-refractivity contribution is -0.122. The van der Waals surface area contributed by atoms with Gasteiger partial charge in [0.05, 0.1) is 0 Å². The Morgan fingerprint density at radius 1 is 1.24 bits per heavy atom. The van der Waals surface area contributed by atoms with Gasteiger partial charge in [0, 0.05) is 23.2 Å². The summed E-state index contributed by atoms with van der Waals surface area (Å²) >= 11 is 0. The zero-order valence-corrected chi connectivity index (χ0v) is 9.69. The Morgan fingerprint density at radius 2 is 2.06 bits per heavy atom. The van der Waals surface area contributed by atoms with Gasteiger partial charge in [0.1, 0.15) is 0 Å². The number of carbonyl (C=O) groups excluding carboxylic acids is 2. The summed E-state index contributed by atoms with van der Waals surface area (Å²) in [4.78, 5) is 25.7. The van der Waals surface area contributed by atoms with E-state index in [1.54, 1.807) is 0 Å². The molecular weight excluding hydrogens is 214 g/mol. The van der Waals surface area contributed by atoms with Gasteiger partial charge in [0.15, 0.2) is 0 Å². The highest BCUT2D eigenvalue weighted by Crippen LogP contribution is 2.35. The van der Waals surface area contributed by atoms with Crippen LogP contribution >= 0.6 is 0 Å². The van der Waals surface area contributed by atoms with Crippen LogP contribution in [0.3, 0.4) is 0 Å². The van der Waals surface area contributed by atoms with Gasteiger partial charge in [-0.25, -0.2) is 0 Å². The van der Waals surface area contributed by atoms with Gasteiger partial charge in [0.2, 0.25) is 0 Å². The van der Waals surface area contributed by atoms with E-state index in [1.165, 1.54) is 4.90 Å². The molecular formula is C14H13NO2. The minimum absolute atomic E-state index is 0.142. The first-order valence-corrected chi connectivity index (χ1v) is 5.92. The van der Waals surface area contributed by atoms with E-state index in [2.05, 4.69) is 0 Å². The van der Waals surface area contributed by atoms with Crippen molar-refractivity contribution in [3.63, 3.8) is 0 Å². The van der Waals surface area contributed by atoms with Gasteiger partial charge in [-0.1, -0.05) is 18.2 Å². The molecule has 0 bridgehead atoms. The summed E-state index contributed by atoms with van der Waals surface area (Å²) in [6, 6.07) is 5.72. The Hall–Kier alpha value is -1.90. The Morgan fingerprint density at radius 3 is 2.82 bits per heavy atom. The molecule has 0 atom stereocenters. The molecule has 0 spiro atoms. The number of rotatable bonds is 1. The van der Waals surface area contributed by atoms with Gasteiger partial charge in [-0.15, -0.1) is 0 Å². The van der Waals surface area contributed by atoms with Crippen LogP contribution in [0.15, 0.2) is 24.3 Å². The fourth-order valence-corrected chi connectivity index (χ4v) is 2.64. The molecule has 1 aromatic carbocycles. The summed E-state index contributed by atoms with van der Waals surface area (Å²) in [5, 5.41) is 0. The van der Waals surface area contributed by atoms with Crippen LogP contribution in [-0.2, 0) is 11.2 Å². The number of hydrogen-bond acceptors (Lipinski definition) is 2. The Balaban J connectivity index is 2.29. The van der Waals surface area contributed by atoms with Crippen molar-refractivity contribution in [3.05, 3.63) is 41.0 Å². The van der Waals surface area contributed by atoms with Crippen LogP contribution in [0.25, 0.3) is 5.57 Å². The first-order chi connectivity index (χ1) is 8.24. The summed E-state index contributed by atoms with van der Waals surface area (Å²) in [6.07, 6.45) is 3.76. The number of benzene rings is 1. The fourth-order valence-electron chi connectivity index (χ4n) is 2.64. The standard InChI is InChI=1S/C14H13NO2/c1-2-15-13(16)10-7-3-5-9-6-4-8-11(12(9)10)14(15)17/h3,5,7-8H,2,4,6H2,1H3. The molecule has 3 rings (SSSR count). The van der Waals surface area contributed by atoms with Crippen LogP contribution in [0.1, 0.15) is 34.8 Å². The van der Waals surface area contributed by atoms with E-state index < -0.39 is 0 Å². The number of amides is 2. The van der Waals surface area contributed by atoms with Gasteiger partial charge in [-0.2, -0.15) is 0 Å². The van der Waals surface area contributed by atoms with E-state index in [9.17, 15) is 9.59 Å². The molecule has 1 aromatic rings. The average molecular weight is 227 g/mol. The maximum Gasteiger partial charge on any atom is 0.261 e. The van der Waals surface area contributed by atoms with Crippen molar-refractivity contribution in [3.8, 4) is 0 Å². The maximum atomic E-state index is 12.2. The molecule has 0 unspecified atom stereocenters. The van der Waals surface area contributed by atoms with Crippen LogP contribution in [0, 0.1) is 0 Å². The van der Waals surface area contributed by atoms with Gasteiger partial charge in [-0.3, -0.25) is 14.5 Å². The number of carbonyl (C=O) groups is 2. The normalized spacial score (nSPS) is 17.9. The number of hydrogen-bond donors (Lipinski definition) is 0. The lowest BCUT2D eigenvalue weighted by Crippen LogP contribution is -2.42. The van der Waals surface area contributed by atoms with Crippen LogP contribution in [0.5, 0.6) is 0 Å². The zero-order chi connectivity index (χ0) is 12.0. The maximum absolute atomic E-state index is 12.2. The molecule has 0 saturated heterocycles. The van der Waals surface area contributed by atoms with Crippen molar-refractivity contribution in [2.24, 2.45) is 0 Å². The van der Waals surface area contributed by atoms with Crippen molar-refractivity contribution in [1.29, 1.82) is 0 Å². The summed E-state index contributed by atoms with van der Waals surface area (Å²) in [5.74, 6) is -0.300. The molecule has 1 aliphatic carbocycles. The van der Waals surface area contributed by atoms with Crippen LogP contribution < -0.4 is 0 Å². The van der Waals surface area contributed by atoms with Gasteiger partial charge >= 0.3 is 0 Å². The van der Waals surface area contributed by atoms with Crippen molar-refractivity contribution in [2.75, 3.05) is 6.54 Å². The molecule has 3 nitrogen and oxygen atoms in total. The quantitative estimate of drug-likeness (QED) is 0.688. The highest BCUT2D eigenvalue weighted by molar-refractivity contribution is 6.31. The second-order valence-electron chi connectivity index (χ2n) is 4.35. The van der Waals surface area contributed by atoms with Crippen LogP contribution in [0.2, 0.25) is 0 Å². The van der Waals surface area contributed by atoms with E-state index in [-0.39, 0.29) is 11.8 Å². The fraction of sp³-hybridized carbons (Fsp3) is 0.286. The smallest absolute Gasteiger partial charge is 0.261 e. The van der Waals surface area contributed by atoms with Crippen LogP contribution in [0.4, 0.5) is 0 Å². The van der Waals surface area contributed by atoms with Crippen molar-refractivity contribution in [2.45, 2.75) is 19.8 Å². The Kier molecular flexibility index (Phi) is 2.15. The molecule has 17 heavy (non-hydrogen) atoms. The number of likely N-dealkylation sites (N-methyl/N-ethyl adjacent to an activating group) is 1. The molecule has 0 aromatic heterocycles. The number of allylic oxidation sites excluding steroid dienone is 1. The minimum atomic E-state index is -0.159. The third-order valence-corrected chi connectivity index (χ3v) is 3.45. The first-order valence-electron chi connectivity index (χ1n) is 5.92. The van der Waals surface area contributed by atoms with E-state index in [4.69, 9.17) is 0 Å². The monoisotopic (exact) mass is 227 g/mol. The van der Waals surface area contributed by atoms with Crippen molar-refractivity contribution < 1.29 is 9.59 Å². The highest BCUT2D eigenvalue weighted by Gasteiger charge is 2.35. The minimum Gasteiger partial charge on any atom is -0.275 e. The molecule has 2 aliphatic rings. The molecule has 0 saturated carbocycles. The Labute approximate surface area is 99.7 Å². The molecule has 86 valence electrons. The number of aryl methyl sites for hydroxylation is 1. The number of nitrogens with zero attached hydrogens (tertiary/aromatic N) is 1. The summed E-state index contributed by atoms with van der Waals surface area (Å²) in [7, 11) is 0. The largest absolute Gasteiger partial charge is 0.275 e. The lowest BCUT2D eigenvalue weighted by Gasteiger charge is -2.30. The van der Waals surface area contributed by atoms with Gasteiger partial charge < -0.3 is 0 Å². The van der Waals surface area contributed by atoms with E-state index in [0.29, 0.717) is 17.7 Å². The predicted molar refractivity (Wildman–Crippen MR) is 64.5 cm³/mol. The third-order valence-electron chi connectivity index (χ3n) is 3.45. The second-order valence-corrected chi connectivity index (χ2v) is 4.35. The summed E-state index contributed by atoms with van der Waals surface area (Å²) in [6.45, 7) is 2.26. The van der Waals surface area contributed by atoms with Gasteiger partial charge in [0.25, 0.3) is 11.8 Å². The molecule has 0 fully saturated rings. The second kappa shape index (κ2) is 3.55.